The second-order valence-corrected chi connectivity index (χ2v) is 4.72. The average Bonchev–Trinajstić information content (AvgIpc) is 2.92. The van der Waals surface area contributed by atoms with Crippen LogP contribution in [-0.2, 0) is 0 Å². The molecule has 1 heterocycles. The Bertz CT molecular complexity index is 859. The number of nitrogen functional groups attached to an aromatic ring is 1. The van der Waals surface area contributed by atoms with Crippen molar-refractivity contribution in [3.8, 4) is 17.2 Å². The van der Waals surface area contributed by atoms with E-state index >= 15 is 0 Å². The Morgan fingerprint density at radius 3 is 2.18 bits per heavy atom. The molecule has 0 aliphatic carbocycles. The summed E-state index contributed by atoms with van der Waals surface area (Å²) in [5, 5.41) is 9.26. The third-order valence-corrected chi connectivity index (χ3v) is 3.36. The van der Waals surface area contributed by atoms with Gasteiger partial charge in [0.1, 0.15) is 6.07 Å². The van der Waals surface area contributed by atoms with E-state index < -0.39 is 0 Å². The van der Waals surface area contributed by atoms with Crippen LogP contribution in [0, 0.1) is 11.3 Å². The number of nitrogens with zero attached hydrogens (tertiary/aromatic N) is 1. The zero-order chi connectivity index (χ0) is 15.5. The lowest BCUT2D eigenvalue weighted by atomic mass is 9.95. The summed E-state index contributed by atoms with van der Waals surface area (Å²) in [5.41, 5.74) is 7.74. The molecule has 4 heteroatoms. The van der Waals surface area contributed by atoms with Crippen LogP contribution in [0.5, 0.6) is 0 Å². The zero-order valence-electron chi connectivity index (χ0n) is 11.6. The Hall–Kier alpha value is -3.32. The van der Waals surface area contributed by atoms with E-state index in [9.17, 15) is 10.1 Å². The van der Waals surface area contributed by atoms with Gasteiger partial charge in [-0.3, -0.25) is 4.79 Å². The van der Waals surface area contributed by atoms with E-state index in [2.05, 4.69) is 0 Å². The van der Waals surface area contributed by atoms with Crippen molar-refractivity contribution in [3.63, 3.8) is 0 Å². The summed E-state index contributed by atoms with van der Waals surface area (Å²) in [7, 11) is 0. The van der Waals surface area contributed by atoms with Crippen LogP contribution in [0.2, 0.25) is 0 Å². The minimum atomic E-state index is -0.262. The highest BCUT2D eigenvalue weighted by Crippen LogP contribution is 2.35. The van der Waals surface area contributed by atoms with Gasteiger partial charge in [-0.25, -0.2) is 0 Å². The molecule has 0 aliphatic heterocycles. The molecule has 1 aromatic heterocycles. The van der Waals surface area contributed by atoms with Crippen molar-refractivity contribution in [1.82, 2.24) is 0 Å². The molecule has 106 valence electrons. The zero-order valence-corrected chi connectivity index (χ0v) is 11.6. The van der Waals surface area contributed by atoms with Gasteiger partial charge in [0, 0.05) is 5.56 Å². The molecule has 22 heavy (non-hydrogen) atoms. The van der Waals surface area contributed by atoms with Gasteiger partial charge >= 0.3 is 0 Å². The summed E-state index contributed by atoms with van der Waals surface area (Å²) < 4.78 is 5.29. The van der Waals surface area contributed by atoms with Crippen molar-refractivity contribution in [3.05, 3.63) is 77.6 Å². The molecule has 0 aliphatic rings. The van der Waals surface area contributed by atoms with E-state index in [4.69, 9.17) is 10.2 Å². The Labute approximate surface area is 127 Å². The molecule has 0 saturated carbocycles. The van der Waals surface area contributed by atoms with E-state index in [1.807, 2.05) is 42.5 Å². The maximum atomic E-state index is 12.7. The number of ketones is 1. The van der Waals surface area contributed by atoms with Crippen LogP contribution in [-0.4, -0.2) is 5.78 Å². The van der Waals surface area contributed by atoms with Crippen LogP contribution < -0.4 is 5.73 Å². The Kier molecular flexibility index (Phi) is 3.47. The molecule has 2 aromatic carbocycles. The molecule has 0 saturated heterocycles. The van der Waals surface area contributed by atoms with Crippen LogP contribution in [0.1, 0.15) is 21.7 Å². The molecular weight excluding hydrogens is 276 g/mol. The smallest absolute Gasteiger partial charge is 0.214 e. The molecule has 0 bridgehead atoms. The number of hydrogen-bond acceptors (Lipinski definition) is 4. The van der Waals surface area contributed by atoms with Gasteiger partial charge in [-0.2, -0.15) is 5.26 Å². The first kappa shape index (κ1) is 13.7. The number of carbonyl (C=O) groups is 1. The van der Waals surface area contributed by atoms with Crippen molar-refractivity contribution < 1.29 is 9.21 Å². The topological polar surface area (TPSA) is 80.0 Å². The lowest BCUT2D eigenvalue weighted by molar-refractivity contribution is 0.104. The van der Waals surface area contributed by atoms with Gasteiger partial charge < -0.3 is 10.2 Å². The minimum Gasteiger partial charge on any atom is -0.429 e. The Morgan fingerprint density at radius 1 is 1.00 bits per heavy atom. The maximum absolute atomic E-state index is 12.7. The van der Waals surface area contributed by atoms with Crippen LogP contribution in [0.15, 0.2) is 65.1 Å². The van der Waals surface area contributed by atoms with E-state index in [0.29, 0.717) is 11.1 Å². The number of rotatable bonds is 3. The van der Waals surface area contributed by atoms with Gasteiger partial charge in [-0.1, -0.05) is 60.7 Å². The van der Waals surface area contributed by atoms with Gasteiger partial charge in [0.2, 0.25) is 11.6 Å². The predicted octanol–water partition coefficient (Wildman–Crippen LogP) is 3.63. The fraction of sp³-hybridized carbons (Fsp3) is 0. The number of furan rings is 1. The highest BCUT2D eigenvalue weighted by Gasteiger charge is 2.26. The van der Waals surface area contributed by atoms with Crippen LogP contribution >= 0.6 is 0 Å². The number of benzene rings is 2. The van der Waals surface area contributed by atoms with Crippen molar-refractivity contribution in [2.45, 2.75) is 0 Å². The Balaban J connectivity index is 2.23. The summed E-state index contributed by atoms with van der Waals surface area (Å²) in [4.78, 5) is 12.7. The highest BCUT2D eigenvalue weighted by atomic mass is 16.4. The van der Waals surface area contributed by atoms with Crippen LogP contribution in [0.3, 0.4) is 0 Å². The fourth-order valence-electron chi connectivity index (χ4n) is 2.37. The normalized spacial score (nSPS) is 10.1. The molecule has 2 N–H and O–H groups in total. The van der Waals surface area contributed by atoms with Gasteiger partial charge in [0.25, 0.3) is 0 Å². The second kappa shape index (κ2) is 5.58. The molecule has 0 unspecified atom stereocenters. The first-order valence-corrected chi connectivity index (χ1v) is 6.70. The van der Waals surface area contributed by atoms with Gasteiger partial charge in [-0.15, -0.1) is 0 Å². The summed E-state index contributed by atoms with van der Waals surface area (Å²) in [5.74, 6) is -0.255. The molecule has 0 atom stereocenters. The van der Waals surface area contributed by atoms with E-state index in [0.717, 1.165) is 5.56 Å². The maximum Gasteiger partial charge on any atom is 0.214 e. The largest absolute Gasteiger partial charge is 0.429 e. The minimum absolute atomic E-state index is 0.0377. The van der Waals surface area contributed by atoms with Gasteiger partial charge in [0.15, 0.2) is 5.78 Å². The fourth-order valence-corrected chi connectivity index (χ4v) is 2.37. The molecule has 4 nitrogen and oxygen atoms in total. The van der Waals surface area contributed by atoms with Crippen LogP contribution in [0.4, 0.5) is 5.88 Å². The standard InChI is InChI=1S/C18H12N2O2/c19-11-14-15(12-7-3-1-4-8-12)16(18(20)22-14)17(21)13-9-5-2-6-10-13/h1-10H,20H2. The summed E-state index contributed by atoms with van der Waals surface area (Å²) in [6.45, 7) is 0. The second-order valence-electron chi connectivity index (χ2n) is 4.72. The first-order valence-electron chi connectivity index (χ1n) is 6.70. The summed E-state index contributed by atoms with van der Waals surface area (Å²) in [6, 6.07) is 19.9. The van der Waals surface area contributed by atoms with Crippen molar-refractivity contribution in [2.75, 3.05) is 5.73 Å². The molecule has 3 rings (SSSR count). The molecule has 0 fully saturated rings. The first-order chi connectivity index (χ1) is 10.7. The molecular formula is C18H12N2O2. The van der Waals surface area contributed by atoms with Gasteiger partial charge in [0.05, 0.1) is 11.1 Å². The number of carbonyl (C=O) groups excluding carboxylic acids is 1. The molecule has 3 aromatic rings. The highest BCUT2D eigenvalue weighted by molar-refractivity contribution is 6.16. The predicted molar refractivity (Wildman–Crippen MR) is 83.1 cm³/mol. The summed E-state index contributed by atoms with van der Waals surface area (Å²) >= 11 is 0. The van der Waals surface area contributed by atoms with E-state index in [1.165, 1.54) is 0 Å². The van der Waals surface area contributed by atoms with E-state index in [1.54, 1.807) is 24.3 Å². The van der Waals surface area contributed by atoms with Crippen LogP contribution in [0.25, 0.3) is 11.1 Å². The molecule has 0 amide bonds. The van der Waals surface area contributed by atoms with E-state index in [-0.39, 0.29) is 23.0 Å². The number of nitrogens with two attached hydrogens (primary N) is 1. The molecule has 0 spiro atoms. The summed E-state index contributed by atoms with van der Waals surface area (Å²) in [6.07, 6.45) is 0. The quantitative estimate of drug-likeness (QED) is 0.746. The van der Waals surface area contributed by atoms with Crippen molar-refractivity contribution in [2.24, 2.45) is 0 Å². The number of nitriles is 1. The number of anilines is 1. The monoisotopic (exact) mass is 288 g/mol. The SMILES string of the molecule is N#Cc1oc(N)c(C(=O)c2ccccc2)c1-c1ccccc1. The third-order valence-electron chi connectivity index (χ3n) is 3.36. The lowest BCUT2D eigenvalue weighted by Gasteiger charge is -2.04. The van der Waals surface area contributed by atoms with Crippen molar-refractivity contribution >= 4 is 11.7 Å². The average molecular weight is 288 g/mol. The molecule has 0 radical (unpaired) electrons. The Morgan fingerprint density at radius 2 is 1.59 bits per heavy atom. The number of hydrogen-bond donors (Lipinski definition) is 1. The third kappa shape index (κ3) is 2.25. The van der Waals surface area contributed by atoms with Gasteiger partial charge in [-0.05, 0) is 5.56 Å². The van der Waals surface area contributed by atoms with Crippen molar-refractivity contribution in [1.29, 1.82) is 5.26 Å². The lowest BCUT2D eigenvalue weighted by Crippen LogP contribution is -2.04.